The molecule has 0 atom stereocenters. The van der Waals surface area contributed by atoms with Crippen LogP contribution in [0.2, 0.25) is 0 Å². The number of nitrogens with zero attached hydrogens (tertiary/aromatic N) is 3. The highest BCUT2D eigenvalue weighted by molar-refractivity contribution is 8.02. The molecule has 0 radical (unpaired) electrons. The minimum absolute atomic E-state index is 0.126. The van der Waals surface area contributed by atoms with Gasteiger partial charge in [-0.2, -0.15) is 0 Å². The normalized spacial score (nSPS) is 11.4. The third kappa shape index (κ3) is 3.72. The maximum Gasteiger partial charge on any atom is 0.433 e. The molecule has 0 aliphatic rings. The number of hydrogen-bond donors (Lipinski definition) is 0. The Balaban J connectivity index is 1.80. The molecule has 0 unspecified atom stereocenters. The van der Waals surface area contributed by atoms with Gasteiger partial charge in [-0.1, -0.05) is 23.9 Å². The fourth-order valence-corrected chi connectivity index (χ4v) is 3.52. The van der Waals surface area contributed by atoms with Crippen LogP contribution in [0.1, 0.15) is 5.76 Å². The molecule has 0 N–H and O–H groups in total. The summed E-state index contributed by atoms with van der Waals surface area (Å²) in [4.78, 5) is 27.5. The van der Waals surface area contributed by atoms with Crippen LogP contribution in [0.15, 0.2) is 74.4 Å². The molecule has 150 valence electrons. The first-order valence-electron chi connectivity index (χ1n) is 8.49. The lowest BCUT2D eigenvalue weighted by molar-refractivity contribution is -0.402. The Kier molecular flexibility index (Phi) is 5.15. The Hall–Kier alpha value is -3.79. The largest absolute Gasteiger partial charge is 0.433 e. The van der Waals surface area contributed by atoms with Crippen molar-refractivity contribution in [3.8, 4) is 5.69 Å². The highest BCUT2D eigenvalue weighted by Gasteiger charge is 2.16. The molecule has 0 aliphatic heterocycles. The van der Waals surface area contributed by atoms with Gasteiger partial charge in [0.25, 0.3) is 5.56 Å². The van der Waals surface area contributed by atoms with Crippen LogP contribution < -0.4 is 5.56 Å². The second kappa shape index (κ2) is 7.91. The molecule has 2 heterocycles. The lowest BCUT2D eigenvalue weighted by Gasteiger charge is -2.12. The number of nitro groups is 1. The van der Waals surface area contributed by atoms with Gasteiger partial charge in [0.1, 0.15) is 22.3 Å². The SMILES string of the molecule is O=c1c2ccccc2nc(S/C=C/c2ccc([N+](=O)[O-])o2)n1-c1ccc(F)cc1F. The molecule has 0 spiro atoms. The van der Waals surface area contributed by atoms with Crippen molar-refractivity contribution < 1.29 is 18.1 Å². The summed E-state index contributed by atoms with van der Waals surface area (Å²) in [5.74, 6) is -1.88. The number of para-hydroxylation sites is 1. The molecule has 30 heavy (non-hydrogen) atoms. The molecule has 4 aromatic rings. The van der Waals surface area contributed by atoms with E-state index in [-0.39, 0.29) is 22.0 Å². The summed E-state index contributed by atoms with van der Waals surface area (Å²) in [7, 11) is 0. The summed E-state index contributed by atoms with van der Waals surface area (Å²) in [5, 5.41) is 12.6. The minimum Gasteiger partial charge on any atom is -0.401 e. The molecule has 0 bridgehead atoms. The van der Waals surface area contributed by atoms with E-state index in [2.05, 4.69) is 4.98 Å². The predicted molar refractivity (Wildman–Crippen MR) is 108 cm³/mol. The van der Waals surface area contributed by atoms with Crippen molar-refractivity contribution in [3.63, 3.8) is 0 Å². The van der Waals surface area contributed by atoms with Gasteiger partial charge in [-0.15, -0.1) is 0 Å². The van der Waals surface area contributed by atoms with Crippen molar-refractivity contribution >= 4 is 34.6 Å². The summed E-state index contributed by atoms with van der Waals surface area (Å²) < 4.78 is 33.9. The fraction of sp³-hybridized carbons (Fsp3) is 0. The second-order valence-electron chi connectivity index (χ2n) is 6.00. The second-order valence-corrected chi connectivity index (χ2v) is 6.87. The van der Waals surface area contributed by atoms with Crippen LogP contribution in [-0.4, -0.2) is 14.5 Å². The van der Waals surface area contributed by atoms with Gasteiger partial charge >= 0.3 is 5.88 Å². The van der Waals surface area contributed by atoms with Gasteiger partial charge in [-0.05, 0) is 41.8 Å². The highest BCUT2D eigenvalue weighted by atomic mass is 32.2. The molecule has 2 aromatic heterocycles. The number of halogens is 2. The lowest BCUT2D eigenvalue weighted by Crippen LogP contribution is -2.22. The Labute approximate surface area is 171 Å². The van der Waals surface area contributed by atoms with Crippen molar-refractivity contribution in [2.24, 2.45) is 0 Å². The summed E-state index contributed by atoms with van der Waals surface area (Å²) in [6.45, 7) is 0. The Morgan fingerprint density at radius 1 is 1.13 bits per heavy atom. The highest BCUT2D eigenvalue weighted by Crippen LogP contribution is 2.25. The van der Waals surface area contributed by atoms with Crippen LogP contribution in [0.3, 0.4) is 0 Å². The first-order chi connectivity index (χ1) is 14.4. The van der Waals surface area contributed by atoms with E-state index >= 15 is 0 Å². The number of thioether (sulfide) groups is 1. The van der Waals surface area contributed by atoms with Gasteiger partial charge in [-0.25, -0.2) is 13.8 Å². The molecule has 2 aromatic carbocycles. The van der Waals surface area contributed by atoms with Gasteiger partial charge in [0.05, 0.1) is 22.7 Å². The number of hydrogen-bond acceptors (Lipinski definition) is 6. The lowest BCUT2D eigenvalue weighted by atomic mass is 10.2. The zero-order chi connectivity index (χ0) is 21.3. The zero-order valence-electron chi connectivity index (χ0n) is 15.0. The molecule has 10 heteroatoms. The van der Waals surface area contributed by atoms with Gasteiger partial charge in [0.15, 0.2) is 5.16 Å². The van der Waals surface area contributed by atoms with E-state index in [4.69, 9.17) is 4.42 Å². The van der Waals surface area contributed by atoms with Crippen molar-refractivity contribution in [2.45, 2.75) is 5.16 Å². The van der Waals surface area contributed by atoms with Crippen LogP contribution in [0.4, 0.5) is 14.7 Å². The van der Waals surface area contributed by atoms with E-state index in [9.17, 15) is 23.7 Å². The van der Waals surface area contributed by atoms with E-state index in [0.717, 1.165) is 28.5 Å². The molecule has 0 aliphatic carbocycles. The molecule has 0 fully saturated rings. The molecule has 0 saturated heterocycles. The average Bonchev–Trinajstić information content (AvgIpc) is 3.19. The van der Waals surface area contributed by atoms with Crippen LogP contribution in [0.5, 0.6) is 0 Å². The van der Waals surface area contributed by atoms with E-state index < -0.39 is 28.0 Å². The number of rotatable bonds is 5. The molecule has 0 saturated carbocycles. The van der Waals surface area contributed by atoms with Crippen molar-refractivity contribution in [1.29, 1.82) is 0 Å². The maximum atomic E-state index is 14.4. The summed E-state index contributed by atoms with van der Waals surface area (Å²) in [6, 6.07) is 12.1. The molecule has 7 nitrogen and oxygen atoms in total. The zero-order valence-corrected chi connectivity index (χ0v) is 15.8. The van der Waals surface area contributed by atoms with Gasteiger partial charge in [0, 0.05) is 6.07 Å². The Bertz CT molecular complexity index is 1360. The van der Waals surface area contributed by atoms with Crippen LogP contribution in [-0.2, 0) is 0 Å². The molecular formula is C20H11F2N3O4S. The standard InChI is InChI=1S/C20H11F2N3O4S/c21-12-5-7-17(15(22)11-12)24-19(26)14-3-1-2-4-16(14)23-20(24)30-10-9-13-6-8-18(29-13)25(27)28/h1-11H/b10-9+. The number of aromatic nitrogens is 2. The van der Waals surface area contributed by atoms with Crippen molar-refractivity contribution in [1.82, 2.24) is 9.55 Å². The first-order valence-corrected chi connectivity index (χ1v) is 9.36. The van der Waals surface area contributed by atoms with Crippen LogP contribution in [0, 0.1) is 21.7 Å². The minimum atomic E-state index is -0.915. The number of fused-ring (bicyclic) bond motifs is 1. The summed E-state index contributed by atoms with van der Waals surface area (Å²) in [6.07, 6.45) is 1.45. The quantitative estimate of drug-likeness (QED) is 0.194. The summed E-state index contributed by atoms with van der Waals surface area (Å²) >= 11 is 0.977. The Morgan fingerprint density at radius 3 is 2.67 bits per heavy atom. The fourth-order valence-electron chi connectivity index (χ4n) is 2.76. The van der Waals surface area contributed by atoms with Gasteiger partial charge in [0.2, 0.25) is 0 Å². The molecule has 4 rings (SSSR count). The topological polar surface area (TPSA) is 91.2 Å². The number of benzene rings is 2. The van der Waals surface area contributed by atoms with E-state index in [1.165, 1.54) is 23.6 Å². The number of furan rings is 1. The maximum absolute atomic E-state index is 14.4. The monoisotopic (exact) mass is 427 g/mol. The van der Waals surface area contributed by atoms with Gasteiger partial charge in [-0.3, -0.25) is 19.5 Å². The third-order valence-electron chi connectivity index (χ3n) is 4.09. The van der Waals surface area contributed by atoms with Crippen molar-refractivity contribution in [3.05, 3.63) is 97.9 Å². The Morgan fingerprint density at radius 2 is 1.93 bits per heavy atom. The van der Waals surface area contributed by atoms with Crippen molar-refractivity contribution in [2.75, 3.05) is 0 Å². The summed E-state index contributed by atoms with van der Waals surface area (Å²) in [5.41, 5.74) is -0.259. The van der Waals surface area contributed by atoms with Crippen LogP contribution >= 0.6 is 11.8 Å². The van der Waals surface area contributed by atoms with E-state index in [0.29, 0.717) is 11.6 Å². The predicted octanol–water partition coefficient (Wildman–Crippen LogP) is 4.93. The average molecular weight is 427 g/mol. The first kappa shape index (κ1) is 19.5. The smallest absolute Gasteiger partial charge is 0.401 e. The van der Waals surface area contributed by atoms with Gasteiger partial charge < -0.3 is 4.42 Å². The molecular weight excluding hydrogens is 416 g/mol. The van der Waals surface area contributed by atoms with E-state index in [1.807, 2.05) is 0 Å². The van der Waals surface area contributed by atoms with E-state index in [1.54, 1.807) is 24.3 Å². The molecule has 0 amide bonds. The third-order valence-corrected chi connectivity index (χ3v) is 4.85. The van der Waals surface area contributed by atoms with Crippen LogP contribution in [0.25, 0.3) is 22.7 Å².